The highest BCUT2D eigenvalue weighted by molar-refractivity contribution is 4.95. The second-order valence-corrected chi connectivity index (χ2v) is 5.65. The number of hydrogen-bond acceptors (Lipinski definition) is 3. The summed E-state index contributed by atoms with van der Waals surface area (Å²) in [5, 5.41) is 3.45. The minimum absolute atomic E-state index is 0.913. The molecule has 0 amide bonds. The second-order valence-electron chi connectivity index (χ2n) is 5.65. The first-order chi connectivity index (χ1) is 7.33. The lowest BCUT2D eigenvalue weighted by molar-refractivity contribution is 0.164. The van der Waals surface area contributed by atoms with Crippen molar-refractivity contribution in [3.63, 3.8) is 0 Å². The Morgan fingerprint density at radius 1 is 1.00 bits per heavy atom. The maximum Gasteiger partial charge on any atom is 0.0110 e. The van der Waals surface area contributed by atoms with Crippen LogP contribution in [0, 0.1) is 11.8 Å². The molecule has 3 rings (SSSR count). The Labute approximate surface area is 92.8 Å². The van der Waals surface area contributed by atoms with Crippen LogP contribution in [-0.4, -0.2) is 62.2 Å². The Kier molecular flexibility index (Phi) is 2.71. The van der Waals surface area contributed by atoms with Gasteiger partial charge in [-0.05, 0) is 31.7 Å². The van der Waals surface area contributed by atoms with E-state index in [1.165, 1.54) is 52.1 Å². The molecule has 0 spiro atoms. The largest absolute Gasteiger partial charge is 0.314 e. The Bertz CT molecular complexity index is 211. The lowest BCUT2D eigenvalue weighted by Crippen LogP contribution is -2.48. The van der Waals surface area contributed by atoms with Gasteiger partial charge >= 0.3 is 0 Å². The van der Waals surface area contributed by atoms with Crippen LogP contribution in [-0.2, 0) is 0 Å². The van der Waals surface area contributed by atoms with Crippen LogP contribution in [0.2, 0.25) is 0 Å². The molecule has 1 aliphatic carbocycles. The third kappa shape index (κ3) is 1.93. The van der Waals surface area contributed by atoms with Crippen molar-refractivity contribution in [2.45, 2.75) is 18.9 Å². The summed E-state index contributed by atoms with van der Waals surface area (Å²) >= 11 is 0. The molecule has 3 heteroatoms. The quantitative estimate of drug-likeness (QED) is 0.667. The van der Waals surface area contributed by atoms with Gasteiger partial charge in [-0.1, -0.05) is 0 Å². The molecule has 0 aromatic rings. The van der Waals surface area contributed by atoms with E-state index in [0.29, 0.717) is 0 Å². The maximum absolute atomic E-state index is 3.45. The summed E-state index contributed by atoms with van der Waals surface area (Å²) < 4.78 is 0. The summed E-state index contributed by atoms with van der Waals surface area (Å²) in [5.74, 6) is 2.02. The van der Waals surface area contributed by atoms with Crippen molar-refractivity contribution in [2.75, 3.05) is 46.3 Å². The van der Waals surface area contributed by atoms with E-state index in [1.807, 2.05) is 0 Å². The third-order valence-electron chi connectivity index (χ3n) is 4.58. The Balaban J connectivity index is 1.57. The highest BCUT2D eigenvalue weighted by atomic mass is 15.2. The van der Waals surface area contributed by atoms with Gasteiger partial charge in [-0.2, -0.15) is 0 Å². The van der Waals surface area contributed by atoms with E-state index in [9.17, 15) is 0 Å². The van der Waals surface area contributed by atoms with E-state index in [-0.39, 0.29) is 0 Å². The van der Waals surface area contributed by atoms with Gasteiger partial charge in [-0.3, -0.25) is 4.90 Å². The SMILES string of the molecule is CN1CC2CC(N3CCNCC3)CC2C1. The number of rotatable bonds is 1. The summed E-state index contributed by atoms with van der Waals surface area (Å²) in [6.07, 6.45) is 2.93. The van der Waals surface area contributed by atoms with E-state index in [4.69, 9.17) is 0 Å². The molecule has 3 aliphatic rings. The zero-order valence-electron chi connectivity index (χ0n) is 9.78. The molecule has 1 saturated carbocycles. The van der Waals surface area contributed by atoms with Gasteiger partial charge in [0.25, 0.3) is 0 Å². The average molecular weight is 209 g/mol. The molecule has 15 heavy (non-hydrogen) atoms. The minimum Gasteiger partial charge on any atom is -0.314 e. The van der Waals surface area contributed by atoms with Crippen LogP contribution in [0.5, 0.6) is 0 Å². The molecule has 2 heterocycles. The molecular formula is C12H23N3. The van der Waals surface area contributed by atoms with E-state index in [0.717, 1.165) is 17.9 Å². The van der Waals surface area contributed by atoms with Crippen LogP contribution in [0.4, 0.5) is 0 Å². The van der Waals surface area contributed by atoms with Crippen molar-refractivity contribution >= 4 is 0 Å². The van der Waals surface area contributed by atoms with E-state index < -0.39 is 0 Å². The van der Waals surface area contributed by atoms with Crippen LogP contribution in [0.25, 0.3) is 0 Å². The van der Waals surface area contributed by atoms with Crippen molar-refractivity contribution in [3.8, 4) is 0 Å². The van der Waals surface area contributed by atoms with Gasteiger partial charge < -0.3 is 10.2 Å². The van der Waals surface area contributed by atoms with Crippen LogP contribution >= 0.6 is 0 Å². The van der Waals surface area contributed by atoms with E-state index in [1.54, 1.807) is 0 Å². The van der Waals surface area contributed by atoms with Crippen molar-refractivity contribution in [3.05, 3.63) is 0 Å². The highest BCUT2D eigenvalue weighted by Crippen LogP contribution is 2.39. The molecule has 0 bridgehead atoms. The van der Waals surface area contributed by atoms with Crippen molar-refractivity contribution < 1.29 is 0 Å². The number of likely N-dealkylation sites (tertiary alicyclic amines) is 1. The summed E-state index contributed by atoms with van der Waals surface area (Å²) in [5.41, 5.74) is 0. The van der Waals surface area contributed by atoms with Gasteiger partial charge in [-0.25, -0.2) is 0 Å². The van der Waals surface area contributed by atoms with Gasteiger partial charge in [0.1, 0.15) is 0 Å². The number of piperazine rings is 1. The van der Waals surface area contributed by atoms with Gasteiger partial charge in [0.2, 0.25) is 0 Å². The van der Waals surface area contributed by atoms with Crippen LogP contribution in [0.15, 0.2) is 0 Å². The van der Waals surface area contributed by atoms with Crippen molar-refractivity contribution in [1.29, 1.82) is 0 Å². The second kappa shape index (κ2) is 4.04. The molecule has 0 aromatic carbocycles. The Hall–Kier alpha value is -0.120. The van der Waals surface area contributed by atoms with Crippen molar-refractivity contribution in [1.82, 2.24) is 15.1 Å². The monoisotopic (exact) mass is 209 g/mol. The molecule has 86 valence electrons. The van der Waals surface area contributed by atoms with Crippen molar-refractivity contribution in [2.24, 2.45) is 11.8 Å². The van der Waals surface area contributed by atoms with Gasteiger partial charge in [-0.15, -0.1) is 0 Å². The van der Waals surface area contributed by atoms with Crippen LogP contribution in [0.1, 0.15) is 12.8 Å². The highest BCUT2D eigenvalue weighted by Gasteiger charge is 2.41. The van der Waals surface area contributed by atoms with E-state index >= 15 is 0 Å². The number of hydrogen-bond donors (Lipinski definition) is 1. The van der Waals surface area contributed by atoms with E-state index in [2.05, 4.69) is 22.2 Å². The molecule has 3 fully saturated rings. The smallest absolute Gasteiger partial charge is 0.0110 e. The molecule has 2 aliphatic heterocycles. The molecule has 0 aromatic heterocycles. The lowest BCUT2D eigenvalue weighted by Gasteiger charge is -2.33. The Morgan fingerprint density at radius 2 is 1.60 bits per heavy atom. The minimum atomic E-state index is 0.913. The third-order valence-corrected chi connectivity index (χ3v) is 4.58. The van der Waals surface area contributed by atoms with Gasteiger partial charge in [0.05, 0.1) is 0 Å². The van der Waals surface area contributed by atoms with Crippen LogP contribution in [0.3, 0.4) is 0 Å². The first kappa shape index (κ1) is 10.1. The van der Waals surface area contributed by atoms with Gasteiger partial charge in [0.15, 0.2) is 0 Å². The summed E-state index contributed by atoms with van der Waals surface area (Å²) in [4.78, 5) is 5.25. The summed E-state index contributed by atoms with van der Waals surface area (Å²) in [6, 6.07) is 0.913. The summed E-state index contributed by atoms with van der Waals surface area (Å²) in [6.45, 7) is 7.66. The molecule has 1 N–H and O–H groups in total. The lowest BCUT2D eigenvalue weighted by atomic mass is 10.0. The molecule has 2 saturated heterocycles. The maximum atomic E-state index is 3.45. The standard InChI is InChI=1S/C12H23N3/c1-14-8-10-6-12(7-11(10)9-14)15-4-2-13-3-5-15/h10-13H,2-9H2,1H3. The number of fused-ring (bicyclic) bond motifs is 1. The number of nitrogens with zero attached hydrogens (tertiary/aromatic N) is 2. The van der Waals surface area contributed by atoms with Crippen LogP contribution < -0.4 is 5.32 Å². The average Bonchev–Trinajstić information content (AvgIpc) is 2.76. The number of nitrogens with one attached hydrogen (secondary N) is 1. The normalized spacial score (nSPS) is 43.4. The first-order valence-corrected chi connectivity index (χ1v) is 6.46. The predicted molar refractivity (Wildman–Crippen MR) is 61.9 cm³/mol. The summed E-state index contributed by atoms with van der Waals surface area (Å²) in [7, 11) is 2.28. The van der Waals surface area contributed by atoms with Gasteiger partial charge in [0, 0.05) is 45.3 Å². The first-order valence-electron chi connectivity index (χ1n) is 6.46. The zero-order valence-corrected chi connectivity index (χ0v) is 9.78. The predicted octanol–water partition coefficient (Wildman–Crippen LogP) is 0.232. The fourth-order valence-electron chi connectivity index (χ4n) is 3.85. The Morgan fingerprint density at radius 3 is 2.20 bits per heavy atom. The molecule has 3 nitrogen and oxygen atoms in total. The molecular weight excluding hydrogens is 186 g/mol. The fraction of sp³-hybridized carbons (Fsp3) is 1.00. The molecule has 2 unspecified atom stereocenters. The molecule has 2 atom stereocenters. The topological polar surface area (TPSA) is 18.5 Å². The fourth-order valence-corrected chi connectivity index (χ4v) is 3.85. The molecule has 0 radical (unpaired) electrons. The zero-order chi connectivity index (χ0) is 10.3.